The van der Waals surface area contributed by atoms with Gasteiger partial charge < -0.3 is 13.3 Å². The van der Waals surface area contributed by atoms with Crippen molar-refractivity contribution in [1.82, 2.24) is 0 Å². The third-order valence-electron chi connectivity index (χ3n) is 1.39. The van der Waals surface area contributed by atoms with Gasteiger partial charge in [-0.05, 0) is 39.3 Å². The largest absolute Gasteiger partial charge is 0.549 e. The molecule has 0 amide bonds. The van der Waals surface area contributed by atoms with Crippen LogP contribution in [0.15, 0.2) is 11.3 Å². The molecule has 0 saturated carbocycles. The van der Waals surface area contributed by atoms with Gasteiger partial charge in [-0.3, -0.25) is 0 Å². The summed E-state index contributed by atoms with van der Waals surface area (Å²) in [5, 5.41) is 0.971. The van der Waals surface area contributed by atoms with Gasteiger partial charge in [0.25, 0.3) is 5.95 Å². The van der Waals surface area contributed by atoms with Crippen molar-refractivity contribution in [1.29, 1.82) is 0 Å². The molecule has 3 nitrogen and oxygen atoms in total. The van der Waals surface area contributed by atoms with Crippen LogP contribution in [0.25, 0.3) is 0 Å². The highest BCUT2D eigenvalue weighted by atomic mass is 28.3. The third kappa shape index (κ3) is 7.88. The summed E-state index contributed by atoms with van der Waals surface area (Å²) in [7, 11) is -2.34. The molecule has 0 radical (unpaired) electrons. The predicted molar refractivity (Wildman–Crippen MR) is 76.9 cm³/mol. The van der Waals surface area contributed by atoms with Gasteiger partial charge in [0.2, 0.25) is 27.1 Å². The lowest BCUT2D eigenvalue weighted by atomic mass is 11.0. The highest BCUT2D eigenvalue weighted by Crippen LogP contribution is 2.11. The molecule has 0 aromatic rings. The van der Waals surface area contributed by atoms with Gasteiger partial charge in [0, 0.05) is 0 Å². The van der Waals surface area contributed by atoms with Crippen molar-refractivity contribution < 1.29 is 13.3 Å². The second kappa shape index (κ2) is 7.31. The van der Waals surface area contributed by atoms with Gasteiger partial charge in [-0.1, -0.05) is 0 Å². The summed E-state index contributed by atoms with van der Waals surface area (Å²) < 4.78 is 17.4. The normalized spacial score (nSPS) is 11.0. The van der Waals surface area contributed by atoms with Crippen molar-refractivity contribution in [2.24, 2.45) is 0 Å². The molecule has 0 unspecified atom stereocenters. The summed E-state index contributed by atoms with van der Waals surface area (Å²) in [6.07, 6.45) is 0. The van der Waals surface area contributed by atoms with Gasteiger partial charge in [0.05, 0.1) is 10.2 Å². The van der Waals surface area contributed by atoms with Crippen molar-refractivity contribution in [2.75, 3.05) is 0 Å². The molecule has 0 aromatic carbocycles. The number of rotatable bonds is 6. The summed E-state index contributed by atoms with van der Waals surface area (Å²) >= 11 is 0. The van der Waals surface area contributed by atoms with Crippen LogP contribution in [0.1, 0.15) is 0 Å². The van der Waals surface area contributed by atoms with Crippen LogP contribution in [-0.2, 0) is 13.3 Å². The van der Waals surface area contributed by atoms with Crippen LogP contribution in [0.5, 0.6) is 0 Å². The van der Waals surface area contributed by atoms with E-state index in [1.54, 1.807) is 0 Å². The second-order valence-corrected chi connectivity index (χ2v) is 12.3. The Morgan fingerprint density at radius 1 is 0.733 bits per heavy atom. The van der Waals surface area contributed by atoms with Gasteiger partial charge in [-0.25, -0.2) is 0 Å². The summed E-state index contributed by atoms with van der Waals surface area (Å²) in [6.45, 7) is 12.9. The predicted octanol–water partition coefficient (Wildman–Crippen LogP) is 0.478. The van der Waals surface area contributed by atoms with Crippen molar-refractivity contribution in [2.45, 2.75) is 39.3 Å². The Labute approximate surface area is 101 Å². The summed E-state index contributed by atoms with van der Waals surface area (Å²) in [4.78, 5) is 0. The lowest BCUT2D eigenvalue weighted by molar-refractivity contribution is 0.208. The van der Waals surface area contributed by atoms with Gasteiger partial charge in [-0.2, -0.15) is 0 Å². The molecule has 0 aliphatic rings. The summed E-state index contributed by atoms with van der Waals surface area (Å²) in [6, 6.07) is 0. The lowest BCUT2D eigenvalue weighted by Crippen LogP contribution is -2.19. The van der Waals surface area contributed by atoms with E-state index in [0.29, 0.717) is 5.95 Å². The van der Waals surface area contributed by atoms with Gasteiger partial charge in [0.15, 0.2) is 0 Å². The molecular weight excluding hydrogens is 256 g/mol. The maximum absolute atomic E-state index is 5.79. The maximum atomic E-state index is 5.79. The minimum atomic E-state index is -1.09. The zero-order valence-electron chi connectivity index (χ0n) is 11.0. The first-order valence-electron chi connectivity index (χ1n) is 5.53. The summed E-state index contributed by atoms with van der Waals surface area (Å²) in [5.74, 6) is 0.714. The Morgan fingerprint density at radius 2 is 1.07 bits per heavy atom. The van der Waals surface area contributed by atoms with E-state index in [1.165, 1.54) is 0 Å². The molecular formula is C8H24O3Si4. The number of hydrogen-bond donors (Lipinski definition) is 0. The summed E-state index contributed by atoms with van der Waals surface area (Å²) in [5.41, 5.74) is 0. The molecule has 0 heterocycles. The van der Waals surface area contributed by atoms with Crippen LogP contribution in [-0.4, -0.2) is 37.4 Å². The molecule has 0 saturated heterocycles. The SMILES string of the molecule is C[SiH](C)OC([SiH3])=C(O[SiH](C)C)O[SiH](C)C. The maximum Gasteiger partial charge on any atom is 0.282 e. The first kappa shape index (κ1) is 15.0. The monoisotopic (exact) mass is 280 g/mol. The zero-order valence-corrected chi connectivity index (χ0v) is 16.4. The third-order valence-corrected chi connectivity index (χ3v) is 4.70. The molecule has 7 heteroatoms. The molecule has 0 aliphatic heterocycles. The average molecular weight is 281 g/mol. The molecule has 0 atom stereocenters. The van der Waals surface area contributed by atoms with E-state index in [4.69, 9.17) is 13.3 Å². The van der Waals surface area contributed by atoms with E-state index in [-0.39, 0.29) is 0 Å². The van der Waals surface area contributed by atoms with Crippen molar-refractivity contribution in [3.63, 3.8) is 0 Å². The molecule has 0 aromatic heterocycles. The Hall–Kier alpha value is 0.00753. The molecule has 0 rings (SSSR count). The van der Waals surface area contributed by atoms with Gasteiger partial charge in [-0.15, -0.1) is 0 Å². The van der Waals surface area contributed by atoms with Gasteiger partial charge >= 0.3 is 0 Å². The standard InChI is InChI=1S/C8H24O3Si4/c1-13(2)9-7(10-14(3)4)8(12)11-15(5)6/h13-15H,1-6,12H3. The van der Waals surface area contributed by atoms with Crippen LogP contribution < -0.4 is 0 Å². The van der Waals surface area contributed by atoms with E-state index in [0.717, 1.165) is 15.6 Å². The molecule has 0 aliphatic carbocycles. The van der Waals surface area contributed by atoms with E-state index in [9.17, 15) is 0 Å². The molecule has 0 fully saturated rings. The first-order chi connectivity index (χ1) is 6.82. The molecule has 90 valence electrons. The minimum absolute atomic E-state index is 0.714. The fourth-order valence-corrected chi connectivity index (χ4v) is 5.36. The van der Waals surface area contributed by atoms with Crippen molar-refractivity contribution >= 4 is 37.4 Å². The first-order valence-corrected chi connectivity index (χ1v) is 14.9. The highest BCUT2D eigenvalue weighted by molar-refractivity contribution is 6.51. The van der Waals surface area contributed by atoms with Crippen molar-refractivity contribution in [3.8, 4) is 0 Å². The topological polar surface area (TPSA) is 27.7 Å². The Morgan fingerprint density at radius 3 is 1.33 bits per heavy atom. The Balaban J connectivity index is 4.56. The highest BCUT2D eigenvalue weighted by Gasteiger charge is 2.12. The molecule has 15 heavy (non-hydrogen) atoms. The smallest absolute Gasteiger partial charge is 0.282 e. The quantitative estimate of drug-likeness (QED) is 0.523. The lowest BCUT2D eigenvalue weighted by Gasteiger charge is -2.21. The number of hydrogen-bond acceptors (Lipinski definition) is 3. The van der Waals surface area contributed by atoms with Crippen LogP contribution in [0.2, 0.25) is 39.3 Å². The van der Waals surface area contributed by atoms with Crippen LogP contribution in [0.4, 0.5) is 0 Å². The molecule has 0 N–H and O–H groups in total. The van der Waals surface area contributed by atoms with E-state index < -0.39 is 27.1 Å². The van der Waals surface area contributed by atoms with Crippen LogP contribution in [0.3, 0.4) is 0 Å². The zero-order chi connectivity index (χ0) is 12.0. The average Bonchev–Trinajstić information content (AvgIpc) is 1.99. The van der Waals surface area contributed by atoms with E-state index in [2.05, 4.69) is 39.3 Å². The Kier molecular flexibility index (Phi) is 7.31. The van der Waals surface area contributed by atoms with Crippen LogP contribution in [0, 0.1) is 0 Å². The second-order valence-electron chi connectivity index (χ2n) is 4.34. The fourth-order valence-electron chi connectivity index (χ4n) is 1.02. The van der Waals surface area contributed by atoms with Crippen molar-refractivity contribution in [3.05, 3.63) is 11.3 Å². The van der Waals surface area contributed by atoms with E-state index >= 15 is 0 Å². The fraction of sp³-hybridized carbons (Fsp3) is 0.750. The Bertz CT molecular complexity index is 204. The minimum Gasteiger partial charge on any atom is -0.549 e. The molecule has 0 bridgehead atoms. The van der Waals surface area contributed by atoms with Crippen LogP contribution >= 0.6 is 0 Å². The van der Waals surface area contributed by atoms with E-state index in [1.807, 2.05) is 0 Å². The molecule has 0 spiro atoms. The van der Waals surface area contributed by atoms with Gasteiger partial charge in [0.1, 0.15) is 5.38 Å².